The van der Waals surface area contributed by atoms with Crippen LogP contribution in [0.15, 0.2) is 47.6 Å². The highest BCUT2D eigenvalue weighted by Crippen LogP contribution is 2.32. The summed E-state index contributed by atoms with van der Waals surface area (Å²) in [5, 5.41) is 14.3. The second kappa shape index (κ2) is 5.95. The van der Waals surface area contributed by atoms with E-state index in [0.717, 1.165) is 18.6 Å². The molecule has 20 heavy (non-hydrogen) atoms. The van der Waals surface area contributed by atoms with Crippen LogP contribution in [0.4, 0.5) is 5.69 Å². The van der Waals surface area contributed by atoms with Crippen LogP contribution in [-0.4, -0.2) is 10.8 Å². The molecule has 1 aliphatic rings. The molecule has 0 unspecified atom stereocenters. The summed E-state index contributed by atoms with van der Waals surface area (Å²) in [4.78, 5) is 0. The molecule has 2 rings (SSSR count). The lowest BCUT2D eigenvalue weighted by Gasteiger charge is -2.24. The third-order valence-electron chi connectivity index (χ3n) is 3.84. The summed E-state index contributed by atoms with van der Waals surface area (Å²) in [6, 6.07) is 5.68. The summed E-state index contributed by atoms with van der Waals surface area (Å²) in [6.45, 7) is 6.56. The number of nitrogens with zero attached hydrogens (tertiary/aromatic N) is 1. The molecule has 0 bridgehead atoms. The van der Waals surface area contributed by atoms with Crippen molar-refractivity contribution in [2.75, 3.05) is 5.43 Å². The fourth-order valence-corrected chi connectivity index (χ4v) is 1.97. The van der Waals surface area contributed by atoms with E-state index in [0.29, 0.717) is 5.69 Å². The zero-order valence-corrected chi connectivity index (χ0v) is 12.4. The predicted molar refractivity (Wildman–Crippen MR) is 85.4 cm³/mol. The van der Waals surface area contributed by atoms with Gasteiger partial charge in [0.05, 0.1) is 11.4 Å². The zero-order valence-electron chi connectivity index (χ0n) is 12.4. The van der Waals surface area contributed by atoms with E-state index in [4.69, 9.17) is 0 Å². The van der Waals surface area contributed by atoms with Gasteiger partial charge in [-0.15, -0.1) is 0 Å². The molecule has 0 saturated carbocycles. The van der Waals surface area contributed by atoms with Crippen molar-refractivity contribution in [3.8, 4) is 5.75 Å². The maximum Gasteiger partial charge on any atom is 0.140 e. The van der Waals surface area contributed by atoms with Crippen molar-refractivity contribution in [1.29, 1.82) is 0 Å². The number of hydrogen-bond acceptors (Lipinski definition) is 3. The molecule has 106 valence electrons. The Labute approximate surface area is 120 Å². The summed E-state index contributed by atoms with van der Waals surface area (Å²) in [6.07, 6.45) is 9.83. The van der Waals surface area contributed by atoms with Gasteiger partial charge in [-0.3, -0.25) is 5.43 Å². The van der Waals surface area contributed by atoms with Crippen LogP contribution < -0.4 is 5.43 Å². The van der Waals surface area contributed by atoms with E-state index in [1.54, 1.807) is 6.07 Å². The molecule has 1 aromatic rings. The van der Waals surface area contributed by atoms with E-state index in [2.05, 4.69) is 37.4 Å². The van der Waals surface area contributed by atoms with Crippen molar-refractivity contribution in [1.82, 2.24) is 0 Å². The van der Waals surface area contributed by atoms with Crippen LogP contribution in [0, 0.1) is 0 Å². The smallest absolute Gasteiger partial charge is 0.140 e. The molecule has 3 heteroatoms. The number of phenolic OH excluding ortho intramolecular Hbond substituents is 1. The first-order valence-electron chi connectivity index (χ1n) is 7.02. The van der Waals surface area contributed by atoms with Crippen LogP contribution in [0.2, 0.25) is 0 Å². The van der Waals surface area contributed by atoms with Gasteiger partial charge in [-0.2, -0.15) is 5.10 Å². The monoisotopic (exact) mass is 270 g/mol. The minimum atomic E-state index is 0.0880. The van der Waals surface area contributed by atoms with Gasteiger partial charge in [-0.25, -0.2) is 0 Å². The van der Waals surface area contributed by atoms with Crippen LogP contribution in [0.25, 0.3) is 0 Å². The van der Waals surface area contributed by atoms with Crippen LogP contribution in [0.3, 0.4) is 0 Å². The molecule has 0 saturated heterocycles. The summed E-state index contributed by atoms with van der Waals surface area (Å²) in [5.41, 5.74) is 5.86. The Morgan fingerprint density at radius 2 is 2.10 bits per heavy atom. The summed E-state index contributed by atoms with van der Waals surface area (Å²) >= 11 is 0. The van der Waals surface area contributed by atoms with E-state index in [-0.39, 0.29) is 11.2 Å². The number of benzene rings is 1. The average Bonchev–Trinajstić information content (AvgIpc) is 2.47. The van der Waals surface area contributed by atoms with Gasteiger partial charge >= 0.3 is 0 Å². The van der Waals surface area contributed by atoms with Gasteiger partial charge in [-0.05, 0) is 35.6 Å². The number of aromatic hydroxyl groups is 1. The largest absolute Gasteiger partial charge is 0.506 e. The van der Waals surface area contributed by atoms with E-state index in [9.17, 15) is 5.11 Å². The van der Waals surface area contributed by atoms with E-state index >= 15 is 0 Å². The Balaban J connectivity index is 2.21. The van der Waals surface area contributed by atoms with Crippen molar-refractivity contribution in [3.63, 3.8) is 0 Å². The van der Waals surface area contributed by atoms with Crippen molar-refractivity contribution in [2.45, 2.75) is 39.0 Å². The van der Waals surface area contributed by atoms with Gasteiger partial charge in [-0.1, -0.05) is 45.1 Å². The summed E-state index contributed by atoms with van der Waals surface area (Å²) in [5.74, 6) is 0.223. The van der Waals surface area contributed by atoms with Crippen LogP contribution in [0.1, 0.15) is 39.2 Å². The minimum absolute atomic E-state index is 0.0880. The fourth-order valence-electron chi connectivity index (χ4n) is 1.97. The number of hydrazone groups is 1. The Morgan fingerprint density at radius 3 is 2.75 bits per heavy atom. The summed E-state index contributed by atoms with van der Waals surface area (Å²) < 4.78 is 0. The van der Waals surface area contributed by atoms with Gasteiger partial charge in [0.2, 0.25) is 0 Å². The molecule has 0 amide bonds. The molecule has 0 fully saturated rings. The molecule has 2 N–H and O–H groups in total. The average molecular weight is 270 g/mol. The fraction of sp³-hybridized carbons (Fsp3) is 0.353. The number of phenols is 1. The van der Waals surface area contributed by atoms with Crippen molar-refractivity contribution in [3.05, 3.63) is 48.1 Å². The molecule has 0 spiro atoms. The molecular weight excluding hydrogens is 248 g/mol. The minimum Gasteiger partial charge on any atom is -0.506 e. The van der Waals surface area contributed by atoms with E-state index in [1.807, 2.05) is 30.4 Å². The molecule has 1 aromatic carbocycles. The van der Waals surface area contributed by atoms with Crippen LogP contribution in [-0.2, 0) is 5.41 Å². The van der Waals surface area contributed by atoms with Gasteiger partial charge < -0.3 is 5.11 Å². The van der Waals surface area contributed by atoms with Gasteiger partial charge in [0.15, 0.2) is 0 Å². The topological polar surface area (TPSA) is 44.6 Å². The Hall–Kier alpha value is -2.03. The maximum atomic E-state index is 9.94. The Morgan fingerprint density at radius 1 is 1.30 bits per heavy atom. The van der Waals surface area contributed by atoms with Gasteiger partial charge in [0.1, 0.15) is 5.75 Å². The lowest BCUT2D eigenvalue weighted by Crippen LogP contribution is -2.15. The van der Waals surface area contributed by atoms with Crippen LogP contribution in [0.5, 0.6) is 5.75 Å². The highest BCUT2D eigenvalue weighted by Gasteiger charge is 2.19. The Bertz CT molecular complexity index is 568. The molecule has 0 aliphatic heterocycles. The first-order valence-corrected chi connectivity index (χ1v) is 7.02. The number of anilines is 1. The van der Waals surface area contributed by atoms with Crippen molar-refractivity contribution >= 4 is 11.4 Å². The standard InChI is InChI=1S/C17H22N2O/c1-4-17(2,3)13-10-11-16(20)15(12-13)19-18-14-8-6-5-7-9-14/h5-8,10-12,19-20H,4,9H2,1-3H3/b18-14-. The first-order chi connectivity index (χ1) is 9.53. The third kappa shape index (κ3) is 3.29. The zero-order chi connectivity index (χ0) is 14.6. The number of rotatable bonds is 4. The second-order valence-electron chi connectivity index (χ2n) is 5.68. The predicted octanol–water partition coefficient (Wildman–Crippen LogP) is 4.36. The van der Waals surface area contributed by atoms with E-state index < -0.39 is 0 Å². The molecule has 0 radical (unpaired) electrons. The maximum absolute atomic E-state index is 9.94. The normalized spacial score (nSPS) is 16.6. The number of allylic oxidation sites excluding steroid dienone is 4. The van der Waals surface area contributed by atoms with E-state index in [1.165, 1.54) is 5.56 Å². The molecular formula is C17H22N2O. The number of hydrogen-bond donors (Lipinski definition) is 2. The summed E-state index contributed by atoms with van der Waals surface area (Å²) in [7, 11) is 0. The first kappa shape index (κ1) is 14.4. The van der Waals surface area contributed by atoms with Gasteiger partial charge in [0, 0.05) is 6.42 Å². The molecule has 1 aliphatic carbocycles. The van der Waals surface area contributed by atoms with Crippen molar-refractivity contribution in [2.24, 2.45) is 5.10 Å². The van der Waals surface area contributed by atoms with Gasteiger partial charge in [0.25, 0.3) is 0 Å². The highest BCUT2D eigenvalue weighted by atomic mass is 16.3. The molecule has 3 nitrogen and oxygen atoms in total. The lowest BCUT2D eigenvalue weighted by atomic mass is 9.82. The second-order valence-corrected chi connectivity index (χ2v) is 5.68. The lowest BCUT2D eigenvalue weighted by molar-refractivity contribution is 0.473. The molecule has 0 atom stereocenters. The highest BCUT2D eigenvalue weighted by molar-refractivity contribution is 5.97. The quantitative estimate of drug-likeness (QED) is 0.630. The molecule has 0 aromatic heterocycles. The van der Waals surface area contributed by atoms with Crippen LogP contribution >= 0.6 is 0 Å². The Kier molecular flexibility index (Phi) is 4.28. The van der Waals surface area contributed by atoms with Crippen molar-refractivity contribution < 1.29 is 5.11 Å². The third-order valence-corrected chi connectivity index (χ3v) is 3.84. The number of nitrogens with one attached hydrogen (secondary N) is 1. The molecule has 0 heterocycles. The SMILES string of the molecule is CCC(C)(C)c1ccc(O)c(N/N=C2/C=CC=CC2)c1.